The smallest absolute Gasteiger partial charge is 0.229 e. The molecular formula is C14H18O9. The fourth-order valence-corrected chi connectivity index (χ4v) is 2.18. The van der Waals surface area contributed by atoms with Gasteiger partial charge in [0.05, 0.1) is 6.61 Å². The van der Waals surface area contributed by atoms with Crippen LogP contribution in [-0.4, -0.2) is 73.7 Å². The average Bonchev–Trinajstić information content (AvgIpc) is 2.51. The minimum Gasteiger partial charge on any atom is -0.504 e. The molecule has 5 atom stereocenters. The molecule has 0 bridgehead atoms. The summed E-state index contributed by atoms with van der Waals surface area (Å²) in [5.74, 6) is -2.07. The fourth-order valence-electron chi connectivity index (χ4n) is 2.18. The quantitative estimate of drug-likeness (QED) is 0.285. The number of aliphatic hydroxyl groups excluding tert-OH is 4. The lowest BCUT2D eigenvalue weighted by molar-refractivity contribution is -0.277. The van der Waals surface area contributed by atoms with Crippen molar-refractivity contribution in [1.82, 2.24) is 0 Å². The fraction of sp³-hybridized carbons (Fsp3) is 0.500. The topological polar surface area (TPSA) is 157 Å². The molecule has 1 fully saturated rings. The van der Waals surface area contributed by atoms with Crippen molar-refractivity contribution in [1.29, 1.82) is 0 Å². The van der Waals surface area contributed by atoms with Gasteiger partial charge in [-0.15, -0.1) is 0 Å². The number of hydrogen-bond donors (Lipinski definition) is 6. The molecule has 1 saturated heterocycles. The van der Waals surface area contributed by atoms with Gasteiger partial charge in [0.15, 0.2) is 17.3 Å². The van der Waals surface area contributed by atoms with Crippen LogP contribution in [0.4, 0.5) is 0 Å². The van der Waals surface area contributed by atoms with E-state index in [-0.39, 0.29) is 11.3 Å². The van der Waals surface area contributed by atoms with Crippen molar-refractivity contribution in [2.75, 3.05) is 6.61 Å². The van der Waals surface area contributed by atoms with Gasteiger partial charge in [0, 0.05) is 5.56 Å². The molecule has 6 N–H and O–H groups in total. The first-order chi connectivity index (χ1) is 10.8. The van der Waals surface area contributed by atoms with E-state index in [0.717, 1.165) is 12.1 Å². The monoisotopic (exact) mass is 330 g/mol. The summed E-state index contributed by atoms with van der Waals surface area (Å²) in [6.45, 7) is 0.596. The molecule has 0 radical (unpaired) electrons. The molecule has 23 heavy (non-hydrogen) atoms. The summed E-state index contributed by atoms with van der Waals surface area (Å²) in [5.41, 5.74) is 0.0416. The van der Waals surface area contributed by atoms with Gasteiger partial charge < -0.3 is 40.1 Å². The molecule has 9 heteroatoms. The van der Waals surface area contributed by atoms with Gasteiger partial charge in [0.25, 0.3) is 0 Å². The van der Waals surface area contributed by atoms with Crippen LogP contribution in [0.25, 0.3) is 0 Å². The molecular weight excluding hydrogens is 312 g/mol. The van der Waals surface area contributed by atoms with Crippen molar-refractivity contribution in [3.8, 4) is 17.2 Å². The number of ketones is 1. The molecule has 1 heterocycles. The Morgan fingerprint density at radius 2 is 1.83 bits per heavy atom. The van der Waals surface area contributed by atoms with Crippen molar-refractivity contribution < 1.29 is 44.9 Å². The maximum Gasteiger partial charge on any atom is 0.229 e. The molecule has 5 unspecified atom stereocenters. The number of aliphatic hydroxyl groups is 4. The number of Topliss-reactive ketones (excluding diaryl/α,β-unsaturated/α-hetero) is 1. The van der Waals surface area contributed by atoms with E-state index in [4.69, 9.17) is 14.6 Å². The highest BCUT2D eigenvalue weighted by Crippen LogP contribution is 2.38. The highest BCUT2D eigenvalue weighted by molar-refractivity contribution is 5.95. The van der Waals surface area contributed by atoms with Crippen LogP contribution < -0.4 is 4.74 Å². The first kappa shape index (κ1) is 17.4. The second-order valence-corrected chi connectivity index (χ2v) is 5.21. The molecule has 1 aliphatic rings. The van der Waals surface area contributed by atoms with Crippen LogP contribution in [0.1, 0.15) is 17.3 Å². The van der Waals surface area contributed by atoms with E-state index < -0.39 is 54.6 Å². The summed E-state index contributed by atoms with van der Waals surface area (Å²) >= 11 is 0. The van der Waals surface area contributed by atoms with Crippen LogP contribution in [-0.2, 0) is 4.74 Å². The molecule has 0 spiro atoms. The maximum atomic E-state index is 11.4. The van der Waals surface area contributed by atoms with Crippen LogP contribution in [0, 0.1) is 0 Å². The van der Waals surface area contributed by atoms with Gasteiger partial charge in [-0.2, -0.15) is 0 Å². The Labute approximate surface area is 130 Å². The van der Waals surface area contributed by atoms with Crippen LogP contribution in [0.2, 0.25) is 0 Å². The summed E-state index contributed by atoms with van der Waals surface area (Å²) in [7, 11) is 0. The Morgan fingerprint density at radius 1 is 1.17 bits per heavy atom. The van der Waals surface area contributed by atoms with Gasteiger partial charge in [-0.05, 0) is 19.1 Å². The largest absolute Gasteiger partial charge is 0.504 e. The van der Waals surface area contributed by atoms with E-state index in [1.807, 2.05) is 0 Å². The van der Waals surface area contributed by atoms with Crippen molar-refractivity contribution in [2.24, 2.45) is 0 Å². The summed E-state index contributed by atoms with van der Waals surface area (Å²) in [6, 6.07) is 2.16. The molecule has 0 aliphatic carbocycles. The van der Waals surface area contributed by atoms with Crippen LogP contribution in [0.5, 0.6) is 17.2 Å². The van der Waals surface area contributed by atoms with Gasteiger partial charge in [0.2, 0.25) is 12.0 Å². The zero-order valence-electron chi connectivity index (χ0n) is 12.2. The maximum absolute atomic E-state index is 11.4. The highest BCUT2D eigenvalue weighted by atomic mass is 16.7. The molecule has 1 aromatic carbocycles. The Balaban J connectivity index is 2.29. The van der Waals surface area contributed by atoms with Crippen LogP contribution in [0.3, 0.4) is 0 Å². The molecule has 0 saturated carbocycles. The number of phenolic OH excluding ortho intramolecular Hbond substituents is 2. The number of benzene rings is 1. The number of aromatic hydroxyl groups is 2. The van der Waals surface area contributed by atoms with Gasteiger partial charge in [-0.25, -0.2) is 0 Å². The zero-order valence-corrected chi connectivity index (χ0v) is 12.2. The summed E-state index contributed by atoms with van der Waals surface area (Å²) in [4.78, 5) is 11.4. The normalized spacial score (nSPS) is 30.9. The number of rotatable bonds is 4. The minimum atomic E-state index is -1.68. The predicted molar refractivity (Wildman–Crippen MR) is 74.2 cm³/mol. The van der Waals surface area contributed by atoms with Crippen molar-refractivity contribution >= 4 is 5.78 Å². The van der Waals surface area contributed by atoms with Gasteiger partial charge in [-0.1, -0.05) is 0 Å². The van der Waals surface area contributed by atoms with Crippen molar-refractivity contribution in [3.63, 3.8) is 0 Å². The third kappa shape index (κ3) is 3.38. The second-order valence-electron chi connectivity index (χ2n) is 5.21. The lowest BCUT2D eigenvalue weighted by Crippen LogP contribution is -2.60. The summed E-state index contributed by atoms with van der Waals surface area (Å²) in [6.07, 6.45) is -7.63. The Kier molecular flexibility index (Phi) is 5.07. The van der Waals surface area contributed by atoms with E-state index in [1.54, 1.807) is 0 Å². The number of hydrogen-bond acceptors (Lipinski definition) is 9. The minimum absolute atomic E-state index is 0.0416. The number of ether oxygens (including phenoxy) is 2. The van der Waals surface area contributed by atoms with Gasteiger partial charge >= 0.3 is 0 Å². The molecule has 0 amide bonds. The van der Waals surface area contributed by atoms with E-state index in [2.05, 4.69) is 0 Å². The van der Waals surface area contributed by atoms with Crippen molar-refractivity contribution in [3.05, 3.63) is 17.7 Å². The molecule has 1 aromatic rings. The molecule has 9 nitrogen and oxygen atoms in total. The molecule has 2 rings (SSSR count). The highest BCUT2D eigenvalue weighted by Gasteiger charge is 2.45. The standard InChI is InChI=1S/C14H18O9/c1-5(16)6-2-7(17)10(18)8(3-6)22-14-13(21)12(20)11(19)9(4-15)23-14/h2-3,9,11-15,17-21H,4H2,1H3. The molecule has 128 valence electrons. The van der Waals surface area contributed by atoms with E-state index in [9.17, 15) is 30.3 Å². The molecule has 1 aliphatic heterocycles. The molecule has 0 aromatic heterocycles. The lowest BCUT2D eigenvalue weighted by atomic mass is 9.99. The van der Waals surface area contributed by atoms with Crippen LogP contribution in [0.15, 0.2) is 12.1 Å². The van der Waals surface area contributed by atoms with Gasteiger partial charge in [0.1, 0.15) is 24.4 Å². The van der Waals surface area contributed by atoms with E-state index in [0.29, 0.717) is 0 Å². The second kappa shape index (κ2) is 6.69. The van der Waals surface area contributed by atoms with E-state index in [1.165, 1.54) is 6.92 Å². The third-order valence-electron chi connectivity index (χ3n) is 3.55. The Bertz CT molecular complexity index is 586. The summed E-state index contributed by atoms with van der Waals surface area (Å²) in [5, 5.41) is 57.7. The van der Waals surface area contributed by atoms with Gasteiger partial charge in [-0.3, -0.25) is 4.79 Å². The number of carbonyl (C=O) groups excluding carboxylic acids is 1. The van der Waals surface area contributed by atoms with Crippen molar-refractivity contribution in [2.45, 2.75) is 37.6 Å². The van der Waals surface area contributed by atoms with E-state index >= 15 is 0 Å². The SMILES string of the molecule is CC(=O)c1cc(O)c(O)c(OC2OC(CO)C(O)C(O)C2O)c1. The average molecular weight is 330 g/mol. The summed E-state index contributed by atoms with van der Waals surface area (Å²) < 4.78 is 10.3. The first-order valence-corrected chi connectivity index (χ1v) is 6.80. The van der Waals surface area contributed by atoms with Crippen LogP contribution >= 0.6 is 0 Å². The Morgan fingerprint density at radius 3 is 2.39 bits per heavy atom. The Hall–Kier alpha value is -1.91. The zero-order chi connectivity index (χ0) is 17.3. The number of phenols is 2. The predicted octanol–water partition coefficient (Wildman–Crippen LogP) is -1.52. The third-order valence-corrected chi connectivity index (χ3v) is 3.55. The lowest BCUT2D eigenvalue weighted by Gasteiger charge is -2.39. The first-order valence-electron chi connectivity index (χ1n) is 6.80. The number of carbonyl (C=O) groups is 1.